The molecule has 2 aromatic carbocycles. The number of nitrogens with one attached hydrogen (secondary N) is 2. The number of benzene rings is 2. The minimum atomic E-state index is -0.0950. The molecule has 6 heteroatoms. The molecule has 0 unspecified atom stereocenters. The average molecular weight is 400 g/mol. The zero-order valence-electron chi connectivity index (χ0n) is 15.1. The summed E-state index contributed by atoms with van der Waals surface area (Å²) in [6.07, 6.45) is 1.86. The van der Waals surface area contributed by atoms with Crippen LogP contribution in [-0.4, -0.2) is 17.4 Å². The molecule has 1 aliphatic heterocycles. The number of amides is 1. The highest BCUT2D eigenvalue weighted by atomic mass is 35.5. The van der Waals surface area contributed by atoms with Crippen molar-refractivity contribution < 1.29 is 4.79 Å². The highest BCUT2D eigenvalue weighted by Crippen LogP contribution is 2.31. The molecule has 27 heavy (non-hydrogen) atoms. The predicted octanol–water partition coefficient (Wildman–Crippen LogP) is 4.69. The molecule has 0 aliphatic carbocycles. The summed E-state index contributed by atoms with van der Waals surface area (Å²) in [5.74, 6) is -0.0950. The first-order valence-corrected chi connectivity index (χ1v) is 9.75. The number of nitrogens with zero attached hydrogens (tertiary/aromatic N) is 1. The van der Waals surface area contributed by atoms with Gasteiger partial charge in [-0.25, -0.2) is 4.98 Å². The van der Waals surface area contributed by atoms with Crippen LogP contribution < -0.4 is 10.6 Å². The number of halogens is 1. The Morgan fingerprint density at radius 1 is 1.19 bits per heavy atom. The summed E-state index contributed by atoms with van der Waals surface area (Å²) in [4.78, 5) is 18.5. The van der Waals surface area contributed by atoms with Gasteiger partial charge >= 0.3 is 0 Å². The molecule has 4 rings (SSSR count). The van der Waals surface area contributed by atoms with Crippen LogP contribution in [0.25, 0.3) is 11.3 Å². The van der Waals surface area contributed by atoms with Crippen molar-refractivity contribution in [2.75, 3.05) is 11.9 Å². The molecule has 1 aromatic heterocycles. The molecule has 2 N–H and O–H groups in total. The fourth-order valence-corrected chi connectivity index (χ4v) is 4.17. The fraction of sp³-hybridized carbons (Fsp3) is 0.238. The zero-order chi connectivity index (χ0) is 17.9. The number of carbonyl (C=O) groups excluding carboxylic acids is 1. The van der Waals surface area contributed by atoms with Gasteiger partial charge in [0, 0.05) is 22.5 Å². The van der Waals surface area contributed by atoms with Crippen molar-refractivity contribution in [2.45, 2.75) is 26.3 Å². The van der Waals surface area contributed by atoms with Crippen LogP contribution in [0.5, 0.6) is 0 Å². The predicted molar refractivity (Wildman–Crippen MR) is 114 cm³/mol. The molecule has 140 valence electrons. The summed E-state index contributed by atoms with van der Waals surface area (Å²) >= 11 is 1.55. The maximum atomic E-state index is 12.7. The molecule has 0 fully saturated rings. The van der Waals surface area contributed by atoms with E-state index in [1.54, 1.807) is 11.3 Å². The molecule has 0 saturated heterocycles. The minimum Gasteiger partial charge on any atom is -0.312 e. The van der Waals surface area contributed by atoms with Crippen LogP contribution in [0.2, 0.25) is 0 Å². The minimum absolute atomic E-state index is 0. The third-order valence-corrected chi connectivity index (χ3v) is 5.76. The van der Waals surface area contributed by atoms with Crippen LogP contribution in [0.15, 0.2) is 48.5 Å². The maximum absolute atomic E-state index is 12.7. The van der Waals surface area contributed by atoms with E-state index in [1.807, 2.05) is 36.4 Å². The molecule has 3 aromatic rings. The number of hydrogen-bond acceptors (Lipinski definition) is 4. The second kappa shape index (κ2) is 8.65. The normalized spacial score (nSPS) is 12.8. The smallest absolute Gasteiger partial charge is 0.257 e. The van der Waals surface area contributed by atoms with Crippen molar-refractivity contribution in [1.29, 1.82) is 0 Å². The first-order chi connectivity index (χ1) is 12.7. The molecule has 0 bridgehead atoms. The Balaban J connectivity index is 0.00000210. The van der Waals surface area contributed by atoms with E-state index in [-0.39, 0.29) is 18.3 Å². The Morgan fingerprint density at radius 2 is 2.00 bits per heavy atom. The Hall–Kier alpha value is -2.21. The van der Waals surface area contributed by atoms with Gasteiger partial charge in [0.15, 0.2) is 5.13 Å². The van der Waals surface area contributed by atoms with Gasteiger partial charge < -0.3 is 5.32 Å². The molecule has 0 saturated carbocycles. The number of hydrogen-bond donors (Lipinski definition) is 2. The Kier molecular flexibility index (Phi) is 6.26. The lowest BCUT2D eigenvalue weighted by Crippen LogP contribution is -2.24. The first-order valence-electron chi connectivity index (χ1n) is 8.93. The van der Waals surface area contributed by atoms with Gasteiger partial charge in [-0.15, -0.1) is 23.7 Å². The van der Waals surface area contributed by atoms with E-state index in [0.717, 1.165) is 37.2 Å². The van der Waals surface area contributed by atoms with Gasteiger partial charge in [0.2, 0.25) is 0 Å². The van der Waals surface area contributed by atoms with E-state index in [2.05, 4.69) is 34.7 Å². The van der Waals surface area contributed by atoms with Crippen LogP contribution in [0.1, 0.15) is 33.3 Å². The molecule has 1 aliphatic rings. The molecule has 0 spiro atoms. The fourth-order valence-electron chi connectivity index (χ4n) is 3.25. The van der Waals surface area contributed by atoms with E-state index in [0.29, 0.717) is 10.7 Å². The van der Waals surface area contributed by atoms with E-state index >= 15 is 0 Å². The van der Waals surface area contributed by atoms with Crippen LogP contribution >= 0.6 is 23.7 Å². The third-order valence-electron chi connectivity index (χ3n) is 4.64. The van der Waals surface area contributed by atoms with Crippen LogP contribution in [0, 0.1) is 0 Å². The van der Waals surface area contributed by atoms with E-state index in [4.69, 9.17) is 0 Å². The molecule has 2 heterocycles. The lowest BCUT2D eigenvalue weighted by Gasteiger charge is -2.17. The summed E-state index contributed by atoms with van der Waals surface area (Å²) in [5, 5.41) is 6.99. The van der Waals surface area contributed by atoms with E-state index < -0.39 is 0 Å². The maximum Gasteiger partial charge on any atom is 0.257 e. The third kappa shape index (κ3) is 4.21. The second-order valence-corrected chi connectivity index (χ2v) is 7.46. The van der Waals surface area contributed by atoms with Crippen molar-refractivity contribution >= 4 is 34.8 Å². The zero-order valence-corrected chi connectivity index (χ0v) is 16.8. The summed E-state index contributed by atoms with van der Waals surface area (Å²) < 4.78 is 0. The lowest BCUT2D eigenvalue weighted by atomic mass is 9.98. The standard InChI is InChI=1S/C21H21N3OS.ClH/c1-2-18-19(14-6-4-3-5-7-14)23-21(26-18)24-20(25)16-8-9-17-13-22-11-10-15(17)12-16;/h3-9,12,22H,2,10-11,13H2,1H3,(H,23,24,25);1H. The monoisotopic (exact) mass is 399 g/mol. The van der Waals surface area contributed by atoms with Crippen molar-refractivity contribution in [1.82, 2.24) is 10.3 Å². The van der Waals surface area contributed by atoms with Gasteiger partial charge in [-0.1, -0.05) is 43.3 Å². The summed E-state index contributed by atoms with van der Waals surface area (Å²) in [5.41, 5.74) is 5.28. The molecule has 0 radical (unpaired) electrons. The molecular weight excluding hydrogens is 378 g/mol. The number of aryl methyl sites for hydroxylation is 1. The lowest BCUT2D eigenvalue weighted by molar-refractivity contribution is 0.102. The highest BCUT2D eigenvalue weighted by molar-refractivity contribution is 7.16. The Morgan fingerprint density at radius 3 is 2.78 bits per heavy atom. The Labute approximate surface area is 169 Å². The van der Waals surface area contributed by atoms with Crippen molar-refractivity contribution in [3.63, 3.8) is 0 Å². The number of thiazole rings is 1. The van der Waals surface area contributed by atoms with Crippen molar-refractivity contribution in [3.05, 3.63) is 70.1 Å². The van der Waals surface area contributed by atoms with Crippen LogP contribution in [0.3, 0.4) is 0 Å². The van der Waals surface area contributed by atoms with Crippen molar-refractivity contribution in [3.8, 4) is 11.3 Å². The SMILES string of the molecule is CCc1sc(NC(=O)c2ccc3c(c2)CCNC3)nc1-c1ccccc1.Cl. The quantitative estimate of drug-likeness (QED) is 0.669. The number of carbonyl (C=O) groups is 1. The number of anilines is 1. The number of rotatable bonds is 4. The summed E-state index contributed by atoms with van der Waals surface area (Å²) in [6, 6.07) is 16.1. The van der Waals surface area contributed by atoms with Gasteiger partial charge in [0.05, 0.1) is 5.69 Å². The summed E-state index contributed by atoms with van der Waals surface area (Å²) in [7, 11) is 0. The van der Waals surface area contributed by atoms with E-state index in [1.165, 1.54) is 16.0 Å². The summed E-state index contributed by atoms with van der Waals surface area (Å²) in [6.45, 7) is 3.96. The molecular formula is C21H22ClN3OS. The first kappa shape index (κ1) is 19.5. The highest BCUT2D eigenvalue weighted by Gasteiger charge is 2.16. The van der Waals surface area contributed by atoms with Crippen molar-refractivity contribution in [2.24, 2.45) is 0 Å². The van der Waals surface area contributed by atoms with Gasteiger partial charge in [-0.05, 0) is 42.6 Å². The van der Waals surface area contributed by atoms with E-state index in [9.17, 15) is 4.79 Å². The molecule has 4 nitrogen and oxygen atoms in total. The van der Waals surface area contributed by atoms with Gasteiger partial charge in [0.1, 0.15) is 0 Å². The van der Waals surface area contributed by atoms with Gasteiger partial charge in [-0.3, -0.25) is 10.1 Å². The largest absolute Gasteiger partial charge is 0.312 e. The average Bonchev–Trinajstić information content (AvgIpc) is 3.11. The number of fused-ring (bicyclic) bond motifs is 1. The molecule has 0 atom stereocenters. The number of aromatic nitrogens is 1. The topological polar surface area (TPSA) is 54.0 Å². The Bertz CT molecular complexity index is 940. The van der Waals surface area contributed by atoms with Gasteiger partial charge in [-0.2, -0.15) is 0 Å². The van der Waals surface area contributed by atoms with Gasteiger partial charge in [0.25, 0.3) is 5.91 Å². The van der Waals surface area contributed by atoms with Crippen LogP contribution in [-0.2, 0) is 19.4 Å². The van der Waals surface area contributed by atoms with Crippen LogP contribution in [0.4, 0.5) is 5.13 Å². The second-order valence-electron chi connectivity index (χ2n) is 6.37. The molecule has 1 amide bonds.